The molecule has 0 aliphatic carbocycles. The number of amides is 4. The van der Waals surface area contributed by atoms with Gasteiger partial charge in [0.15, 0.2) is 5.96 Å². The largest absolute Gasteiger partial charge is 0.480 e. The first-order valence-electron chi connectivity index (χ1n) is 11.2. The average molecular weight is 503 g/mol. The fourth-order valence-corrected chi connectivity index (χ4v) is 2.88. The van der Waals surface area contributed by atoms with Gasteiger partial charge in [0.1, 0.15) is 18.1 Å². The van der Waals surface area contributed by atoms with E-state index >= 15 is 0 Å². The van der Waals surface area contributed by atoms with E-state index in [1.807, 2.05) is 0 Å². The SMILES string of the molecule is CCC(C)C(NC(=O)C(N)CCC(N)=O)C(=O)NC(CCCN=C(N)N)C(=O)NC(CO)C(=O)O. The number of aliphatic imine (C=N–C) groups is 1. The van der Waals surface area contributed by atoms with Crippen LogP contribution >= 0.6 is 0 Å². The quantitative estimate of drug-likeness (QED) is 0.0531. The van der Waals surface area contributed by atoms with Gasteiger partial charge in [0, 0.05) is 13.0 Å². The number of carboxylic acids is 1. The molecule has 5 unspecified atom stereocenters. The Morgan fingerprint density at radius 2 is 1.51 bits per heavy atom. The van der Waals surface area contributed by atoms with Gasteiger partial charge in [-0.3, -0.25) is 24.2 Å². The van der Waals surface area contributed by atoms with Gasteiger partial charge < -0.3 is 49.1 Å². The Kier molecular flexibility index (Phi) is 14.6. The molecule has 0 rings (SSSR count). The van der Waals surface area contributed by atoms with E-state index in [4.69, 9.17) is 28.0 Å². The van der Waals surface area contributed by atoms with Crippen molar-refractivity contribution >= 4 is 35.6 Å². The van der Waals surface area contributed by atoms with E-state index in [1.165, 1.54) is 0 Å². The maximum Gasteiger partial charge on any atom is 0.328 e. The molecule has 5 atom stereocenters. The number of carbonyl (C=O) groups is 5. The number of hydrogen-bond donors (Lipinski definition) is 9. The summed E-state index contributed by atoms with van der Waals surface area (Å²) in [6.07, 6.45) is 0.657. The van der Waals surface area contributed by atoms with Crippen molar-refractivity contribution in [3.05, 3.63) is 0 Å². The Morgan fingerprint density at radius 1 is 0.914 bits per heavy atom. The second kappa shape index (κ2) is 16.2. The number of aliphatic carboxylic acids is 1. The summed E-state index contributed by atoms with van der Waals surface area (Å²) in [5.41, 5.74) is 21.4. The van der Waals surface area contributed by atoms with E-state index in [0.29, 0.717) is 6.42 Å². The lowest BCUT2D eigenvalue weighted by Gasteiger charge is -2.27. The highest BCUT2D eigenvalue weighted by Gasteiger charge is 2.32. The summed E-state index contributed by atoms with van der Waals surface area (Å²) >= 11 is 0. The molecule has 0 saturated heterocycles. The van der Waals surface area contributed by atoms with Crippen LogP contribution in [0.15, 0.2) is 4.99 Å². The number of aliphatic hydroxyl groups is 1. The molecule has 0 saturated carbocycles. The van der Waals surface area contributed by atoms with Crippen LogP contribution in [0.4, 0.5) is 0 Å². The predicted molar refractivity (Wildman–Crippen MR) is 126 cm³/mol. The Bertz CT molecular complexity index is 773. The van der Waals surface area contributed by atoms with Crippen LogP contribution in [-0.2, 0) is 24.0 Å². The minimum Gasteiger partial charge on any atom is -0.480 e. The van der Waals surface area contributed by atoms with Gasteiger partial charge in [-0.05, 0) is 25.2 Å². The topological polar surface area (TPSA) is 278 Å². The van der Waals surface area contributed by atoms with Crippen LogP contribution in [0.2, 0.25) is 0 Å². The zero-order chi connectivity index (χ0) is 27.1. The number of primary amides is 1. The first kappa shape index (κ1) is 31.5. The number of hydrogen-bond acceptors (Lipinski definition) is 8. The molecule has 0 aliphatic heterocycles. The maximum absolute atomic E-state index is 13.1. The fraction of sp³-hybridized carbons (Fsp3) is 0.700. The number of aliphatic hydroxyl groups excluding tert-OH is 1. The van der Waals surface area contributed by atoms with Gasteiger partial charge in [-0.2, -0.15) is 0 Å². The van der Waals surface area contributed by atoms with E-state index in [1.54, 1.807) is 13.8 Å². The molecule has 0 heterocycles. The normalized spacial score (nSPS) is 15.0. The standard InChI is InChI=1S/C20H38N8O7/c1-3-10(2)15(28-16(31)11(21)6-7-14(22)30)18(33)26-12(5-4-8-25-20(23)24)17(32)27-13(9-29)19(34)35/h10-13,15,29H,3-9,21H2,1-2H3,(H2,22,30)(H,26,33)(H,27,32)(H,28,31)(H,34,35)(H4,23,24,25). The smallest absolute Gasteiger partial charge is 0.328 e. The summed E-state index contributed by atoms with van der Waals surface area (Å²) < 4.78 is 0. The maximum atomic E-state index is 13.1. The summed E-state index contributed by atoms with van der Waals surface area (Å²) in [7, 11) is 0. The van der Waals surface area contributed by atoms with Gasteiger partial charge in [-0.1, -0.05) is 20.3 Å². The summed E-state index contributed by atoms with van der Waals surface area (Å²) in [5.74, 6) is -4.83. The summed E-state index contributed by atoms with van der Waals surface area (Å²) in [6, 6.07) is -4.94. The Morgan fingerprint density at radius 3 is 2.00 bits per heavy atom. The summed E-state index contributed by atoms with van der Waals surface area (Å²) in [4.78, 5) is 64.1. The molecule has 0 spiro atoms. The molecule has 0 fully saturated rings. The zero-order valence-electron chi connectivity index (χ0n) is 20.0. The molecular formula is C20H38N8O7. The van der Waals surface area contributed by atoms with Crippen molar-refractivity contribution in [1.82, 2.24) is 16.0 Å². The molecule has 15 nitrogen and oxygen atoms in total. The number of guanidine groups is 1. The Balaban J connectivity index is 5.55. The van der Waals surface area contributed by atoms with Crippen LogP contribution in [0.5, 0.6) is 0 Å². The highest BCUT2D eigenvalue weighted by atomic mass is 16.4. The second-order valence-corrected chi connectivity index (χ2v) is 8.08. The molecular weight excluding hydrogens is 464 g/mol. The summed E-state index contributed by atoms with van der Waals surface area (Å²) in [6.45, 7) is 2.79. The molecule has 0 aromatic carbocycles. The molecule has 13 N–H and O–H groups in total. The number of nitrogens with zero attached hydrogens (tertiary/aromatic N) is 1. The number of rotatable bonds is 17. The molecule has 15 heteroatoms. The van der Waals surface area contributed by atoms with E-state index in [2.05, 4.69) is 20.9 Å². The third-order valence-corrected chi connectivity index (χ3v) is 5.21. The first-order valence-corrected chi connectivity index (χ1v) is 11.2. The highest BCUT2D eigenvalue weighted by Crippen LogP contribution is 2.10. The molecule has 0 radical (unpaired) electrons. The third kappa shape index (κ3) is 12.5. The van der Waals surface area contributed by atoms with Crippen LogP contribution in [0.1, 0.15) is 46.0 Å². The molecule has 4 amide bonds. The van der Waals surface area contributed by atoms with Gasteiger partial charge in [0.2, 0.25) is 23.6 Å². The number of carboxylic acid groups (broad SMARTS) is 1. The fourth-order valence-electron chi connectivity index (χ4n) is 2.88. The van der Waals surface area contributed by atoms with E-state index in [9.17, 15) is 29.1 Å². The van der Waals surface area contributed by atoms with Crippen molar-refractivity contribution in [2.45, 2.75) is 70.1 Å². The van der Waals surface area contributed by atoms with Crippen LogP contribution in [0.25, 0.3) is 0 Å². The Labute approximate surface area is 203 Å². The van der Waals surface area contributed by atoms with Crippen molar-refractivity contribution < 1.29 is 34.2 Å². The molecule has 0 aromatic rings. The Hall–Kier alpha value is -3.46. The van der Waals surface area contributed by atoms with Crippen molar-refractivity contribution in [2.24, 2.45) is 33.8 Å². The predicted octanol–water partition coefficient (Wildman–Crippen LogP) is -3.79. The van der Waals surface area contributed by atoms with E-state index < -0.39 is 60.4 Å². The minimum absolute atomic E-state index is 0.0103. The number of nitrogens with one attached hydrogen (secondary N) is 3. The van der Waals surface area contributed by atoms with Crippen LogP contribution < -0.4 is 38.9 Å². The van der Waals surface area contributed by atoms with Crippen molar-refractivity contribution in [3.8, 4) is 0 Å². The van der Waals surface area contributed by atoms with Crippen molar-refractivity contribution in [3.63, 3.8) is 0 Å². The van der Waals surface area contributed by atoms with Crippen LogP contribution in [-0.4, -0.2) is 83.1 Å². The van der Waals surface area contributed by atoms with Crippen LogP contribution in [0.3, 0.4) is 0 Å². The van der Waals surface area contributed by atoms with Gasteiger partial charge in [0.05, 0.1) is 12.6 Å². The zero-order valence-corrected chi connectivity index (χ0v) is 20.0. The lowest BCUT2D eigenvalue weighted by atomic mass is 9.96. The third-order valence-electron chi connectivity index (χ3n) is 5.21. The monoisotopic (exact) mass is 502 g/mol. The highest BCUT2D eigenvalue weighted by molar-refractivity contribution is 5.94. The van der Waals surface area contributed by atoms with Gasteiger partial charge >= 0.3 is 5.97 Å². The van der Waals surface area contributed by atoms with Crippen molar-refractivity contribution in [1.29, 1.82) is 0 Å². The lowest BCUT2D eigenvalue weighted by Crippen LogP contribution is -2.59. The number of carbonyl (C=O) groups excluding carboxylic acids is 4. The lowest BCUT2D eigenvalue weighted by molar-refractivity contribution is -0.143. The van der Waals surface area contributed by atoms with Gasteiger partial charge in [-0.25, -0.2) is 4.79 Å². The molecule has 0 aromatic heterocycles. The molecule has 0 bridgehead atoms. The number of nitrogens with two attached hydrogens (primary N) is 4. The van der Waals surface area contributed by atoms with Gasteiger partial charge in [-0.15, -0.1) is 0 Å². The van der Waals surface area contributed by atoms with E-state index in [0.717, 1.165) is 0 Å². The second-order valence-electron chi connectivity index (χ2n) is 8.08. The van der Waals surface area contributed by atoms with E-state index in [-0.39, 0.29) is 44.1 Å². The molecule has 0 aliphatic rings. The van der Waals surface area contributed by atoms with Gasteiger partial charge in [0.25, 0.3) is 0 Å². The van der Waals surface area contributed by atoms with Crippen LogP contribution in [0, 0.1) is 5.92 Å². The average Bonchev–Trinajstić information content (AvgIpc) is 2.79. The molecule has 35 heavy (non-hydrogen) atoms. The van der Waals surface area contributed by atoms with Crippen molar-refractivity contribution in [2.75, 3.05) is 13.2 Å². The minimum atomic E-state index is -1.58. The first-order chi connectivity index (χ1) is 16.3. The molecule has 200 valence electrons. The summed E-state index contributed by atoms with van der Waals surface area (Å²) in [5, 5.41) is 25.5.